The molecule has 196 valence electrons. The Hall–Kier alpha value is -0.783. The van der Waals surface area contributed by atoms with Crippen LogP contribution in [-0.2, 0) is 20.1 Å². The van der Waals surface area contributed by atoms with Gasteiger partial charge >= 0.3 is 8.56 Å². The van der Waals surface area contributed by atoms with E-state index in [2.05, 4.69) is 80.5 Å². The third-order valence-electron chi connectivity index (χ3n) is 6.61. The molecule has 34 heavy (non-hydrogen) atoms. The standard InChI is InChI=1S/C21H38O2SSi.C8H14O/c1-10-19(24)25(12-3,22-11-2)23-18-14-13-16(20(4,5)6)15-17(18)21(7,8)9;1-2-3-4-5-7-6-8(7)9/h13-15,19,24H,10-12H2,1-9H3;7H,2-6H2,1H3. The number of Topliss-reactive ketones (excluding diaryl/α,β-unsaturated/α-hetero) is 1. The van der Waals surface area contributed by atoms with E-state index in [-0.39, 0.29) is 15.7 Å². The fraction of sp³-hybridized carbons (Fsp3) is 0.759. The fourth-order valence-electron chi connectivity index (χ4n) is 4.10. The van der Waals surface area contributed by atoms with Gasteiger partial charge in [0.25, 0.3) is 0 Å². The third kappa shape index (κ3) is 9.35. The highest BCUT2D eigenvalue weighted by Crippen LogP contribution is 2.38. The van der Waals surface area contributed by atoms with Gasteiger partial charge in [-0.1, -0.05) is 93.7 Å². The number of rotatable bonds is 11. The second kappa shape index (κ2) is 13.5. The van der Waals surface area contributed by atoms with Crippen molar-refractivity contribution >= 4 is 27.0 Å². The second-order valence-corrected chi connectivity index (χ2v) is 16.3. The molecule has 3 atom stereocenters. The topological polar surface area (TPSA) is 35.5 Å². The molecule has 0 amide bonds. The number of ketones is 1. The molecule has 0 aromatic heterocycles. The molecule has 3 unspecified atom stereocenters. The minimum atomic E-state index is -2.42. The quantitative estimate of drug-likeness (QED) is 0.185. The van der Waals surface area contributed by atoms with Gasteiger partial charge in [-0.3, -0.25) is 4.79 Å². The Bertz CT molecular complexity index is 766. The number of thiol groups is 1. The molecule has 0 saturated heterocycles. The maximum absolute atomic E-state index is 10.5. The SMILES string of the molecule is CCCCCC1CC1=O.CCO[Si](CC)(Oc1ccc(C(C)(C)C)cc1C(C)(C)C)C(S)CC. The van der Waals surface area contributed by atoms with Gasteiger partial charge < -0.3 is 8.85 Å². The number of carbonyl (C=O) groups excluding carboxylic acids is 1. The molecule has 1 saturated carbocycles. The molecule has 0 N–H and O–H groups in total. The second-order valence-electron chi connectivity index (χ2n) is 11.7. The summed E-state index contributed by atoms with van der Waals surface area (Å²) < 4.78 is 13.0. The van der Waals surface area contributed by atoms with Crippen LogP contribution in [-0.4, -0.2) is 25.8 Å². The molecule has 0 bridgehead atoms. The maximum Gasteiger partial charge on any atom is 0.411 e. The molecule has 0 spiro atoms. The predicted molar refractivity (Wildman–Crippen MR) is 153 cm³/mol. The maximum atomic E-state index is 10.5. The van der Waals surface area contributed by atoms with E-state index in [0.717, 1.165) is 31.1 Å². The first-order valence-corrected chi connectivity index (χ1v) is 16.1. The van der Waals surface area contributed by atoms with Gasteiger partial charge in [-0.15, -0.1) is 0 Å². The summed E-state index contributed by atoms with van der Waals surface area (Å²) in [6.07, 6.45) is 6.81. The normalized spacial score (nSPS) is 18.6. The predicted octanol–water partition coefficient (Wildman–Crippen LogP) is 8.56. The molecule has 0 radical (unpaired) electrons. The summed E-state index contributed by atoms with van der Waals surface area (Å²) in [7, 11) is -2.42. The van der Waals surface area contributed by atoms with Crippen molar-refractivity contribution in [2.75, 3.05) is 6.61 Å². The number of hydrogen-bond donors (Lipinski definition) is 1. The average Bonchev–Trinajstić information content (AvgIpc) is 3.46. The summed E-state index contributed by atoms with van der Waals surface area (Å²) >= 11 is 4.84. The van der Waals surface area contributed by atoms with Crippen LogP contribution >= 0.6 is 12.6 Å². The smallest absolute Gasteiger partial charge is 0.411 e. The number of unbranched alkanes of at least 4 members (excludes halogenated alkanes) is 2. The lowest BCUT2D eigenvalue weighted by Crippen LogP contribution is -2.53. The minimum Gasteiger partial charge on any atom is -0.519 e. The van der Waals surface area contributed by atoms with Gasteiger partial charge in [0.05, 0.1) is 4.87 Å². The van der Waals surface area contributed by atoms with E-state index < -0.39 is 8.56 Å². The number of carbonyl (C=O) groups is 1. The largest absolute Gasteiger partial charge is 0.519 e. The minimum absolute atomic E-state index is 0.00893. The van der Waals surface area contributed by atoms with E-state index in [1.807, 2.05) is 6.92 Å². The number of hydrogen-bond acceptors (Lipinski definition) is 4. The first kappa shape index (κ1) is 31.2. The lowest BCUT2D eigenvalue weighted by molar-refractivity contribution is -0.111. The zero-order chi connectivity index (χ0) is 26.2. The van der Waals surface area contributed by atoms with Crippen LogP contribution in [0.4, 0.5) is 0 Å². The van der Waals surface area contributed by atoms with Gasteiger partial charge in [0.1, 0.15) is 11.5 Å². The van der Waals surface area contributed by atoms with Gasteiger partial charge in [0, 0.05) is 25.0 Å². The Labute approximate surface area is 217 Å². The molecule has 3 nitrogen and oxygen atoms in total. The van der Waals surface area contributed by atoms with Crippen molar-refractivity contribution in [2.24, 2.45) is 5.92 Å². The van der Waals surface area contributed by atoms with Crippen molar-refractivity contribution in [2.45, 2.75) is 130 Å². The first-order chi connectivity index (χ1) is 15.8. The first-order valence-electron chi connectivity index (χ1n) is 13.4. The summed E-state index contributed by atoms with van der Waals surface area (Å²) in [6.45, 7) is 22.7. The Balaban J connectivity index is 0.000000533. The highest BCUT2D eigenvalue weighted by molar-refractivity contribution is 7.83. The number of benzene rings is 1. The van der Waals surface area contributed by atoms with Gasteiger partial charge in [-0.05, 0) is 47.8 Å². The molecule has 1 aliphatic rings. The summed E-state index contributed by atoms with van der Waals surface area (Å²) in [5.74, 6) is 1.94. The van der Waals surface area contributed by atoms with Crippen LogP contribution in [0.15, 0.2) is 18.2 Å². The lowest BCUT2D eigenvalue weighted by atomic mass is 9.80. The van der Waals surface area contributed by atoms with Crippen LogP contribution in [0.1, 0.15) is 119 Å². The van der Waals surface area contributed by atoms with Crippen molar-refractivity contribution < 1.29 is 13.6 Å². The monoisotopic (exact) mass is 508 g/mol. The van der Waals surface area contributed by atoms with Crippen molar-refractivity contribution in [3.05, 3.63) is 29.3 Å². The van der Waals surface area contributed by atoms with E-state index in [9.17, 15) is 4.79 Å². The molecule has 2 rings (SSSR count). The Kier molecular flexibility index (Phi) is 12.4. The Morgan fingerprint density at radius 1 is 1.03 bits per heavy atom. The van der Waals surface area contributed by atoms with Crippen LogP contribution in [0.25, 0.3) is 0 Å². The average molecular weight is 509 g/mol. The molecule has 1 fully saturated rings. The van der Waals surface area contributed by atoms with Crippen molar-refractivity contribution in [1.82, 2.24) is 0 Å². The van der Waals surface area contributed by atoms with E-state index in [1.165, 1.54) is 30.4 Å². The molecule has 5 heteroatoms. The summed E-state index contributed by atoms with van der Waals surface area (Å²) in [5.41, 5.74) is 2.71. The van der Waals surface area contributed by atoms with Gasteiger partial charge in [-0.25, -0.2) is 0 Å². The highest BCUT2D eigenvalue weighted by atomic mass is 32.1. The zero-order valence-electron chi connectivity index (χ0n) is 23.7. The molecule has 1 aromatic rings. The van der Waals surface area contributed by atoms with E-state index in [4.69, 9.17) is 21.5 Å². The molecule has 0 heterocycles. The van der Waals surface area contributed by atoms with Crippen molar-refractivity contribution in [1.29, 1.82) is 0 Å². The molecular weight excluding hydrogens is 456 g/mol. The van der Waals surface area contributed by atoms with Gasteiger partial charge in [-0.2, -0.15) is 12.6 Å². The lowest BCUT2D eigenvalue weighted by Gasteiger charge is -2.36. The molecule has 1 aromatic carbocycles. The highest BCUT2D eigenvalue weighted by Gasteiger charge is 2.44. The van der Waals surface area contributed by atoms with E-state index >= 15 is 0 Å². The zero-order valence-corrected chi connectivity index (χ0v) is 25.6. The van der Waals surface area contributed by atoms with Gasteiger partial charge in [0.2, 0.25) is 0 Å². The summed E-state index contributed by atoms with van der Waals surface area (Å²) in [5, 5.41) is 0. The van der Waals surface area contributed by atoms with Crippen LogP contribution in [0, 0.1) is 5.92 Å². The Morgan fingerprint density at radius 2 is 1.65 bits per heavy atom. The molecule has 1 aliphatic carbocycles. The summed E-state index contributed by atoms with van der Waals surface area (Å²) in [6, 6.07) is 7.56. The van der Waals surface area contributed by atoms with E-state index in [0.29, 0.717) is 18.3 Å². The summed E-state index contributed by atoms with van der Waals surface area (Å²) in [4.78, 5) is 10.6. The third-order valence-corrected chi connectivity index (χ3v) is 11.9. The van der Waals surface area contributed by atoms with Gasteiger partial charge in [0.15, 0.2) is 0 Å². The van der Waals surface area contributed by atoms with Crippen molar-refractivity contribution in [3.8, 4) is 5.75 Å². The van der Waals surface area contributed by atoms with Crippen LogP contribution < -0.4 is 4.43 Å². The van der Waals surface area contributed by atoms with Crippen LogP contribution in [0.5, 0.6) is 5.75 Å². The van der Waals surface area contributed by atoms with Crippen LogP contribution in [0.3, 0.4) is 0 Å². The van der Waals surface area contributed by atoms with Crippen molar-refractivity contribution in [3.63, 3.8) is 0 Å². The molecule has 0 aliphatic heterocycles. The Morgan fingerprint density at radius 3 is 2.06 bits per heavy atom. The fourth-order valence-corrected chi connectivity index (χ4v) is 7.90. The van der Waals surface area contributed by atoms with E-state index in [1.54, 1.807) is 0 Å². The van der Waals surface area contributed by atoms with Crippen LogP contribution in [0.2, 0.25) is 6.04 Å². The molecular formula is C29H52O3SSi.